The van der Waals surface area contributed by atoms with E-state index < -0.39 is 5.60 Å². The van der Waals surface area contributed by atoms with Crippen molar-refractivity contribution in [3.8, 4) is 0 Å². The number of nitrogens with zero attached hydrogens (tertiary/aromatic N) is 2. The lowest BCUT2D eigenvalue weighted by molar-refractivity contribution is -0.0403. The maximum atomic E-state index is 5.78. The lowest BCUT2D eigenvalue weighted by Crippen LogP contribution is -2.27. The zero-order chi connectivity index (χ0) is 13.7. The lowest BCUT2D eigenvalue weighted by atomic mass is 10.0. The van der Waals surface area contributed by atoms with Crippen LogP contribution in [0.5, 0.6) is 0 Å². The largest absolute Gasteiger partial charge is 0.367 e. The Morgan fingerprint density at radius 3 is 2.95 bits per heavy atom. The third kappa shape index (κ3) is 3.34. The van der Waals surface area contributed by atoms with Crippen LogP contribution in [0.3, 0.4) is 0 Å². The van der Waals surface area contributed by atoms with Crippen LogP contribution in [0.25, 0.3) is 0 Å². The lowest BCUT2D eigenvalue weighted by Gasteiger charge is -2.23. The highest BCUT2D eigenvalue weighted by atomic mass is 16.5. The van der Waals surface area contributed by atoms with Gasteiger partial charge in [-0.15, -0.1) is 0 Å². The smallest absolute Gasteiger partial charge is 0.243 e. The summed E-state index contributed by atoms with van der Waals surface area (Å²) in [6.07, 6.45) is 5.61. The second-order valence-corrected chi connectivity index (χ2v) is 5.33. The summed E-state index contributed by atoms with van der Waals surface area (Å²) in [5.74, 6) is 1.37. The second kappa shape index (κ2) is 6.48. The van der Waals surface area contributed by atoms with Gasteiger partial charge in [0.05, 0.1) is 6.04 Å². The summed E-state index contributed by atoms with van der Waals surface area (Å²) in [5.41, 5.74) is -0.443. The number of nitrogens with one attached hydrogen (secondary N) is 1. The van der Waals surface area contributed by atoms with Crippen LogP contribution in [0.15, 0.2) is 4.52 Å². The van der Waals surface area contributed by atoms with Gasteiger partial charge < -0.3 is 14.6 Å². The van der Waals surface area contributed by atoms with Crippen LogP contribution >= 0.6 is 0 Å². The molecule has 0 radical (unpaired) electrons. The molecule has 5 heteroatoms. The highest BCUT2D eigenvalue weighted by molar-refractivity contribution is 5.02. The summed E-state index contributed by atoms with van der Waals surface area (Å²) in [5, 5.41) is 7.61. The number of hydrogen-bond acceptors (Lipinski definition) is 5. The van der Waals surface area contributed by atoms with Crippen LogP contribution in [0.1, 0.15) is 70.6 Å². The van der Waals surface area contributed by atoms with Gasteiger partial charge in [-0.2, -0.15) is 4.98 Å². The van der Waals surface area contributed by atoms with Crippen molar-refractivity contribution in [2.75, 3.05) is 13.2 Å². The average molecular weight is 267 g/mol. The Morgan fingerprint density at radius 1 is 1.37 bits per heavy atom. The molecule has 19 heavy (non-hydrogen) atoms. The van der Waals surface area contributed by atoms with Crippen molar-refractivity contribution < 1.29 is 9.26 Å². The van der Waals surface area contributed by atoms with E-state index in [1.165, 1.54) is 19.3 Å². The first-order valence-corrected chi connectivity index (χ1v) is 7.41. The van der Waals surface area contributed by atoms with Crippen molar-refractivity contribution >= 4 is 0 Å². The predicted octanol–water partition coefficient (Wildman–Crippen LogP) is 2.94. The number of aromatic nitrogens is 2. The van der Waals surface area contributed by atoms with Crippen LogP contribution in [-0.4, -0.2) is 23.3 Å². The molecule has 1 saturated heterocycles. The Labute approximate surface area is 115 Å². The third-order valence-corrected chi connectivity index (χ3v) is 3.91. The molecule has 2 unspecified atom stereocenters. The summed E-state index contributed by atoms with van der Waals surface area (Å²) >= 11 is 0. The SMILES string of the molecule is CCOC(C)(CC)c1noc(C2CCCCCN2)n1. The minimum absolute atomic E-state index is 0.200. The highest BCUT2D eigenvalue weighted by Gasteiger charge is 2.32. The molecule has 0 aromatic carbocycles. The van der Waals surface area contributed by atoms with Gasteiger partial charge in [-0.05, 0) is 39.7 Å². The first-order valence-electron chi connectivity index (χ1n) is 7.41. The van der Waals surface area contributed by atoms with E-state index in [1.807, 2.05) is 13.8 Å². The quantitative estimate of drug-likeness (QED) is 0.888. The fourth-order valence-corrected chi connectivity index (χ4v) is 2.47. The maximum absolute atomic E-state index is 5.78. The van der Waals surface area contributed by atoms with E-state index in [4.69, 9.17) is 9.26 Å². The van der Waals surface area contributed by atoms with Gasteiger partial charge in [-0.25, -0.2) is 0 Å². The Kier molecular flexibility index (Phi) is 4.93. The summed E-state index contributed by atoms with van der Waals surface area (Å²) < 4.78 is 11.2. The van der Waals surface area contributed by atoms with Crippen molar-refractivity contribution in [1.82, 2.24) is 15.5 Å². The molecular weight excluding hydrogens is 242 g/mol. The Morgan fingerprint density at radius 2 is 2.21 bits per heavy atom. The molecule has 1 aromatic rings. The van der Waals surface area contributed by atoms with Gasteiger partial charge in [0.2, 0.25) is 11.7 Å². The average Bonchev–Trinajstić information content (AvgIpc) is 2.76. The monoisotopic (exact) mass is 267 g/mol. The number of hydrogen-bond donors (Lipinski definition) is 1. The molecule has 108 valence electrons. The molecule has 0 saturated carbocycles. The predicted molar refractivity (Wildman–Crippen MR) is 72.8 cm³/mol. The molecule has 0 aliphatic carbocycles. The molecule has 2 rings (SSSR count). The van der Waals surface area contributed by atoms with Gasteiger partial charge in [0, 0.05) is 6.61 Å². The molecule has 0 spiro atoms. The summed E-state index contributed by atoms with van der Waals surface area (Å²) in [6, 6.07) is 0.200. The van der Waals surface area contributed by atoms with E-state index in [1.54, 1.807) is 0 Å². The molecule has 2 atom stereocenters. The molecule has 5 nitrogen and oxygen atoms in total. The second-order valence-electron chi connectivity index (χ2n) is 5.33. The third-order valence-electron chi connectivity index (χ3n) is 3.91. The van der Waals surface area contributed by atoms with E-state index >= 15 is 0 Å². The molecule has 0 bridgehead atoms. The fourth-order valence-electron chi connectivity index (χ4n) is 2.47. The summed E-state index contributed by atoms with van der Waals surface area (Å²) in [6.45, 7) is 7.76. The molecule has 1 fully saturated rings. The van der Waals surface area contributed by atoms with E-state index in [0.29, 0.717) is 18.3 Å². The maximum Gasteiger partial charge on any atom is 0.243 e. The van der Waals surface area contributed by atoms with Crippen LogP contribution in [-0.2, 0) is 10.3 Å². The fraction of sp³-hybridized carbons (Fsp3) is 0.857. The van der Waals surface area contributed by atoms with E-state index in [0.717, 1.165) is 19.4 Å². The van der Waals surface area contributed by atoms with E-state index in [-0.39, 0.29) is 6.04 Å². The Hall–Kier alpha value is -0.940. The van der Waals surface area contributed by atoms with Crippen molar-refractivity contribution in [3.05, 3.63) is 11.7 Å². The van der Waals surface area contributed by atoms with Gasteiger partial charge in [-0.3, -0.25) is 0 Å². The molecular formula is C14H25N3O2. The minimum atomic E-state index is -0.443. The van der Waals surface area contributed by atoms with Gasteiger partial charge >= 0.3 is 0 Å². The van der Waals surface area contributed by atoms with Gasteiger partial charge in [-0.1, -0.05) is 24.9 Å². The zero-order valence-corrected chi connectivity index (χ0v) is 12.2. The van der Waals surface area contributed by atoms with Gasteiger partial charge in [0.1, 0.15) is 5.60 Å². The van der Waals surface area contributed by atoms with Crippen molar-refractivity contribution in [2.45, 2.75) is 64.5 Å². The van der Waals surface area contributed by atoms with E-state index in [9.17, 15) is 0 Å². The molecule has 1 aliphatic heterocycles. The summed E-state index contributed by atoms with van der Waals surface area (Å²) in [7, 11) is 0. The minimum Gasteiger partial charge on any atom is -0.367 e. The normalized spacial score (nSPS) is 23.8. The Balaban J connectivity index is 2.12. The zero-order valence-electron chi connectivity index (χ0n) is 12.2. The van der Waals surface area contributed by atoms with Crippen molar-refractivity contribution in [1.29, 1.82) is 0 Å². The molecule has 1 aromatic heterocycles. The molecule has 2 heterocycles. The van der Waals surface area contributed by atoms with Crippen LogP contribution < -0.4 is 5.32 Å². The number of rotatable bonds is 5. The first kappa shape index (κ1) is 14.5. The molecule has 1 N–H and O–H groups in total. The first-order chi connectivity index (χ1) is 9.19. The van der Waals surface area contributed by atoms with Crippen molar-refractivity contribution in [3.63, 3.8) is 0 Å². The van der Waals surface area contributed by atoms with E-state index in [2.05, 4.69) is 22.4 Å². The van der Waals surface area contributed by atoms with Crippen molar-refractivity contribution in [2.24, 2.45) is 0 Å². The van der Waals surface area contributed by atoms with Crippen LogP contribution in [0.2, 0.25) is 0 Å². The topological polar surface area (TPSA) is 60.2 Å². The van der Waals surface area contributed by atoms with Crippen LogP contribution in [0.4, 0.5) is 0 Å². The Bertz CT molecular complexity index is 386. The van der Waals surface area contributed by atoms with Gasteiger partial charge in [0.15, 0.2) is 0 Å². The van der Waals surface area contributed by atoms with Gasteiger partial charge in [0.25, 0.3) is 0 Å². The molecule has 1 aliphatic rings. The molecule has 0 amide bonds. The highest BCUT2D eigenvalue weighted by Crippen LogP contribution is 2.28. The summed E-state index contributed by atoms with van der Waals surface area (Å²) in [4.78, 5) is 4.57. The number of ether oxygens (including phenoxy) is 1. The van der Waals surface area contributed by atoms with Crippen LogP contribution in [0, 0.1) is 0 Å². The standard InChI is InChI=1S/C14H25N3O2/c1-4-14(3,18-5-2)13-16-12(19-17-13)11-9-7-6-8-10-15-11/h11,15H,4-10H2,1-3H3.